The van der Waals surface area contributed by atoms with Gasteiger partial charge in [0.2, 0.25) is 0 Å². The number of hydrogen-bond donors (Lipinski definition) is 0. The van der Waals surface area contributed by atoms with Crippen LogP contribution >= 0.6 is 0 Å². The molecule has 0 unspecified atom stereocenters. The van der Waals surface area contributed by atoms with Gasteiger partial charge in [-0.05, 0) is 29.7 Å². The molecule has 0 heterocycles. The monoisotopic (exact) mass is 211 g/mol. The van der Waals surface area contributed by atoms with E-state index in [0.717, 1.165) is 6.42 Å². The topological polar surface area (TPSA) is 3.24 Å². The third kappa shape index (κ3) is 2.43. The van der Waals surface area contributed by atoms with Crippen LogP contribution in [0.3, 0.4) is 0 Å². The highest BCUT2D eigenvalue weighted by Gasteiger charge is 2.01. The van der Waals surface area contributed by atoms with Crippen molar-refractivity contribution in [2.75, 3.05) is 19.0 Å². The van der Waals surface area contributed by atoms with Gasteiger partial charge in [0.25, 0.3) is 0 Å². The van der Waals surface area contributed by atoms with E-state index >= 15 is 0 Å². The molecule has 0 fully saturated rings. The van der Waals surface area contributed by atoms with Crippen LogP contribution in [0.25, 0.3) is 5.57 Å². The Kier molecular flexibility index (Phi) is 3.25. The van der Waals surface area contributed by atoms with Gasteiger partial charge in [-0.2, -0.15) is 0 Å². The van der Waals surface area contributed by atoms with Crippen LogP contribution in [-0.2, 0) is 0 Å². The molecule has 0 spiro atoms. The summed E-state index contributed by atoms with van der Waals surface area (Å²) in [6.07, 6.45) is 11.6. The molecule has 0 amide bonds. The Bertz CT molecular complexity index is 433. The number of hydrogen-bond acceptors (Lipinski definition) is 1. The second-order valence-corrected chi connectivity index (χ2v) is 4.15. The maximum absolute atomic E-state index is 2.19. The van der Waals surface area contributed by atoms with Gasteiger partial charge in [0.1, 0.15) is 0 Å². The Hall–Kier alpha value is -1.76. The largest absolute Gasteiger partial charge is 0.378 e. The summed E-state index contributed by atoms with van der Waals surface area (Å²) in [6.45, 7) is 0. The van der Waals surface area contributed by atoms with E-state index in [9.17, 15) is 0 Å². The SMILES string of the molecule is CN(C)c1ccc(C2=CC=CC=CC2)cc1. The molecule has 82 valence electrons. The van der Waals surface area contributed by atoms with E-state index in [4.69, 9.17) is 0 Å². The first kappa shape index (κ1) is 10.7. The number of allylic oxidation sites excluding steroid dienone is 6. The van der Waals surface area contributed by atoms with E-state index in [2.05, 4.69) is 73.6 Å². The molecule has 1 heteroatoms. The molecule has 1 aliphatic rings. The van der Waals surface area contributed by atoms with Gasteiger partial charge in [0.05, 0.1) is 0 Å². The maximum atomic E-state index is 2.19. The molecule has 0 saturated heterocycles. The van der Waals surface area contributed by atoms with E-state index in [1.165, 1.54) is 16.8 Å². The predicted octanol–water partition coefficient (Wildman–Crippen LogP) is 3.65. The van der Waals surface area contributed by atoms with Crippen molar-refractivity contribution in [3.8, 4) is 0 Å². The smallest absolute Gasteiger partial charge is 0.0361 e. The number of benzene rings is 1. The Morgan fingerprint density at radius 3 is 2.38 bits per heavy atom. The fraction of sp³-hybridized carbons (Fsp3) is 0.200. The van der Waals surface area contributed by atoms with Gasteiger partial charge in [-0.1, -0.05) is 42.5 Å². The van der Waals surface area contributed by atoms with Gasteiger partial charge in [0, 0.05) is 19.8 Å². The summed E-state index contributed by atoms with van der Waals surface area (Å²) < 4.78 is 0. The summed E-state index contributed by atoms with van der Waals surface area (Å²) in [6, 6.07) is 8.70. The van der Waals surface area contributed by atoms with Crippen LogP contribution in [0.4, 0.5) is 5.69 Å². The van der Waals surface area contributed by atoms with E-state index in [1.807, 2.05) is 0 Å². The number of rotatable bonds is 2. The van der Waals surface area contributed by atoms with Crippen LogP contribution in [0.1, 0.15) is 12.0 Å². The first-order chi connectivity index (χ1) is 7.77. The van der Waals surface area contributed by atoms with Gasteiger partial charge < -0.3 is 4.90 Å². The van der Waals surface area contributed by atoms with Crippen LogP contribution in [0.2, 0.25) is 0 Å². The lowest BCUT2D eigenvalue weighted by Crippen LogP contribution is -2.08. The Morgan fingerprint density at radius 2 is 1.69 bits per heavy atom. The van der Waals surface area contributed by atoms with Gasteiger partial charge in [-0.15, -0.1) is 0 Å². The lowest BCUT2D eigenvalue weighted by atomic mass is 10.0. The standard InChI is InChI=1S/C15H17N/c1-16(2)15-11-9-14(10-12-15)13-7-5-3-4-6-8-13/h3-7,9-12H,8H2,1-2H3. The van der Waals surface area contributed by atoms with Crippen molar-refractivity contribution >= 4 is 11.3 Å². The maximum Gasteiger partial charge on any atom is 0.0361 e. The fourth-order valence-corrected chi connectivity index (χ4v) is 1.77. The highest BCUT2D eigenvalue weighted by Crippen LogP contribution is 2.23. The Labute approximate surface area is 97.4 Å². The molecule has 0 atom stereocenters. The highest BCUT2D eigenvalue weighted by atomic mass is 15.1. The summed E-state index contributed by atoms with van der Waals surface area (Å²) in [5, 5.41) is 0. The molecule has 1 nitrogen and oxygen atoms in total. The summed E-state index contributed by atoms with van der Waals surface area (Å²) in [5.74, 6) is 0. The van der Waals surface area contributed by atoms with E-state index in [0.29, 0.717) is 0 Å². The molecule has 0 aromatic heterocycles. The number of nitrogens with zero attached hydrogens (tertiary/aromatic N) is 1. The van der Waals surface area contributed by atoms with Crippen molar-refractivity contribution in [1.29, 1.82) is 0 Å². The van der Waals surface area contributed by atoms with Crippen molar-refractivity contribution < 1.29 is 0 Å². The van der Waals surface area contributed by atoms with Gasteiger partial charge in [0.15, 0.2) is 0 Å². The molecule has 0 bridgehead atoms. The van der Waals surface area contributed by atoms with Gasteiger partial charge in [-0.25, -0.2) is 0 Å². The lowest BCUT2D eigenvalue weighted by Gasteiger charge is -2.13. The normalized spacial score (nSPS) is 14.5. The summed E-state index contributed by atoms with van der Waals surface area (Å²) >= 11 is 0. The zero-order chi connectivity index (χ0) is 11.4. The third-order valence-electron chi connectivity index (χ3n) is 2.75. The van der Waals surface area contributed by atoms with Crippen molar-refractivity contribution in [2.24, 2.45) is 0 Å². The first-order valence-electron chi connectivity index (χ1n) is 5.57. The van der Waals surface area contributed by atoms with Crippen LogP contribution in [0, 0.1) is 0 Å². The zero-order valence-electron chi connectivity index (χ0n) is 9.85. The quantitative estimate of drug-likeness (QED) is 0.721. The lowest BCUT2D eigenvalue weighted by molar-refractivity contribution is 1.13. The molecule has 0 radical (unpaired) electrons. The van der Waals surface area contributed by atoms with E-state index < -0.39 is 0 Å². The molecule has 1 aromatic carbocycles. The van der Waals surface area contributed by atoms with Crippen LogP contribution in [0.5, 0.6) is 0 Å². The molecule has 2 rings (SSSR count). The molecule has 1 aliphatic carbocycles. The second kappa shape index (κ2) is 4.84. The van der Waals surface area contributed by atoms with Gasteiger partial charge >= 0.3 is 0 Å². The van der Waals surface area contributed by atoms with E-state index in [1.54, 1.807) is 0 Å². The van der Waals surface area contributed by atoms with Crippen molar-refractivity contribution in [1.82, 2.24) is 0 Å². The Balaban J connectivity index is 2.24. The van der Waals surface area contributed by atoms with Gasteiger partial charge in [-0.3, -0.25) is 0 Å². The average Bonchev–Trinajstić information content (AvgIpc) is 2.57. The van der Waals surface area contributed by atoms with Crippen LogP contribution in [-0.4, -0.2) is 14.1 Å². The van der Waals surface area contributed by atoms with Crippen molar-refractivity contribution in [3.05, 3.63) is 60.2 Å². The first-order valence-corrected chi connectivity index (χ1v) is 5.57. The molecule has 1 aromatic rings. The molecule has 0 N–H and O–H groups in total. The zero-order valence-corrected chi connectivity index (χ0v) is 9.85. The minimum atomic E-state index is 1.01. The van der Waals surface area contributed by atoms with Crippen LogP contribution in [0.15, 0.2) is 54.6 Å². The molecular formula is C15H17N. The molecule has 16 heavy (non-hydrogen) atoms. The molecule has 0 aliphatic heterocycles. The van der Waals surface area contributed by atoms with Crippen LogP contribution < -0.4 is 4.90 Å². The second-order valence-electron chi connectivity index (χ2n) is 4.15. The summed E-state index contributed by atoms with van der Waals surface area (Å²) in [7, 11) is 4.12. The summed E-state index contributed by atoms with van der Waals surface area (Å²) in [4.78, 5) is 2.12. The number of anilines is 1. The van der Waals surface area contributed by atoms with Crippen molar-refractivity contribution in [2.45, 2.75) is 6.42 Å². The molecular weight excluding hydrogens is 194 g/mol. The van der Waals surface area contributed by atoms with Crippen molar-refractivity contribution in [3.63, 3.8) is 0 Å². The minimum Gasteiger partial charge on any atom is -0.378 e. The average molecular weight is 211 g/mol. The predicted molar refractivity (Wildman–Crippen MR) is 71.6 cm³/mol. The fourth-order valence-electron chi connectivity index (χ4n) is 1.77. The van der Waals surface area contributed by atoms with E-state index in [-0.39, 0.29) is 0 Å². The third-order valence-corrected chi connectivity index (χ3v) is 2.75. The minimum absolute atomic E-state index is 1.01. The summed E-state index contributed by atoms with van der Waals surface area (Å²) in [5.41, 5.74) is 3.92. The molecule has 0 saturated carbocycles. The Morgan fingerprint density at radius 1 is 0.938 bits per heavy atom. The highest BCUT2D eigenvalue weighted by molar-refractivity contribution is 5.70.